The summed E-state index contributed by atoms with van der Waals surface area (Å²) in [4.78, 5) is 38.0. The normalized spacial score (nSPS) is 12.1. The molecule has 0 heterocycles. The third-order valence-corrected chi connectivity index (χ3v) is 13.5. The summed E-state index contributed by atoms with van der Waals surface area (Å²) in [5.41, 5.74) is 0. The maximum Gasteiger partial charge on any atom is 0.306 e. The van der Waals surface area contributed by atoms with Crippen LogP contribution in [0.25, 0.3) is 0 Å². The molecule has 0 fully saturated rings. The van der Waals surface area contributed by atoms with Crippen LogP contribution in [0.4, 0.5) is 0 Å². The monoisotopic (exact) mass is 943 g/mol. The van der Waals surface area contributed by atoms with Crippen molar-refractivity contribution in [2.45, 2.75) is 335 Å². The van der Waals surface area contributed by atoms with Gasteiger partial charge in [0, 0.05) is 19.3 Å². The van der Waals surface area contributed by atoms with Crippen LogP contribution in [0.3, 0.4) is 0 Å². The Balaban J connectivity index is 4.18. The molecule has 0 rings (SSSR count). The lowest BCUT2D eigenvalue weighted by atomic mass is 10.0. The standard InChI is InChI=1S/C61H114O6/c1-4-7-10-13-16-19-21-23-25-27-29-31-33-34-36-38-40-42-45-48-51-54-60(63)66-57-58(56-65-59(62)53-50-47-44-18-15-12-9-6-3)67-61(64)55-52-49-46-43-41-39-37-35-32-30-28-26-24-22-20-17-14-11-8-5-2/h21,23,27,29,58H,4-20,22,24-26,28,30-57H2,1-3H3/b23-21-,29-27-. The van der Waals surface area contributed by atoms with Crippen LogP contribution < -0.4 is 0 Å². The molecule has 0 aliphatic carbocycles. The van der Waals surface area contributed by atoms with E-state index in [0.29, 0.717) is 19.3 Å². The van der Waals surface area contributed by atoms with Gasteiger partial charge in [0.15, 0.2) is 6.10 Å². The summed E-state index contributed by atoms with van der Waals surface area (Å²) in [6.45, 7) is 6.65. The SMILES string of the molecule is CCCCCCC/C=C\C/C=C\CCCCCCCCCCCC(=O)OCC(COC(=O)CCCCCCCCCC)OC(=O)CCCCCCCCCCCCCCCCCCCCCC. The second-order valence-corrected chi connectivity index (χ2v) is 20.3. The number of carbonyl (C=O) groups is 3. The molecule has 0 bridgehead atoms. The molecule has 1 unspecified atom stereocenters. The largest absolute Gasteiger partial charge is 0.462 e. The molecule has 67 heavy (non-hydrogen) atoms. The fourth-order valence-electron chi connectivity index (χ4n) is 8.95. The van der Waals surface area contributed by atoms with Crippen LogP contribution in [0.5, 0.6) is 0 Å². The van der Waals surface area contributed by atoms with Crippen LogP contribution in [0.1, 0.15) is 329 Å². The predicted molar refractivity (Wildman–Crippen MR) is 289 cm³/mol. The minimum atomic E-state index is -0.767. The molecule has 0 N–H and O–H groups in total. The summed E-state index contributed by atoms with van der Waals surface area (Å²) in [6.07, 6.45) is 66.2. The summed E-state index contributed by atoms with van der Waals surface area (Å²) in [7, 11) is 0. The van der Waals surface area contributed by atoms with Gasteiger partial charge in [-0.2, -0.15) is 0 Å². The average molecular weight is 944 g/mol. The minimum Gasteiger partial charge on any atom is -0.462 e. The van der Waals surface area contributed by atoms with Gasteiger partial charge in [-0.15, -0.1) is 0 Å². The Kier molecular flexibility index (Phi) is 54.7. The van der Waals surface area contributed by atoms with E-state index in [2.05, 4.69) is 45.1 Å². The van der Waals surface area contributed by atoms with Crippen molar-refractivity contribution in [3.8, 4) is 0 Å². The molecule has 0 saturated heterocycles. The molecule has 394 valence electrons. The van der Waals surface area contributed by atoms with Crippen LogP contribution >= 0.6 is 0 Å². The van der Waals surface area contributed by atoms with Gasteiger partial charge in [0.1, 0.15) is 13.2 Å². The maximum atomic E-state index is 12.8. The molecule has 0 amide bonds. The smallest absolute Gasteiger partial charge is 0.306 e. The number of allylic oxidation sites excluding steroid dienone is 4. The van der Waals surface area contributed by atoms with Gasteiger partial charge in [0.05, 0.1) is 0 Å². The lowest BCUT2D eigenvalue weighted by molar-refractivity contribution is -0.167. The highest BCUT2D eigenvalue weighted by Crippen LogP contribution is 2.17. The number of rotatable bonds is 55. The highest BCUT2D eigenvalue weighted by molar-refractivity contribution is 5.71. The van der Waals surface area contributed by atoms with Gasteiger partial charge >= 0.3 is 17.9 Å². The van der Waals surface area contributed by atoms with Crippen LogP contribution in [0, 0.1) is 0 Å². The first-order valence-corrected chi connectivity index (χ1v) is 29.8. The summed E-state index contributed by atoms with van der Waals surface area (Å²) >= 11 is 0. The topological polar surface area (TPSA) is 78.9 Å². The first-order chi connectivity index (χ1) is 33.0. The maximum absolute atomic E-state index is 12.8. The number of carbonyl (C=O) groups excluding carboxylic acids is 3. The van der Waals surface area contributed by atoms with Crippen molar-refractivity contribution >= 4 is 17.9 Å². The Morgan fingerprint density at radius 3 is 0.821 bits per heavy atom. The average Bonchev–Trinajstić information content (AvgIpc) is 3.33. The van der Waals surface area contributed by atoms with Crippen molar-refractivity contribution in [3.05, 3.63) is 24.3 Å². The lowest BCUT2D eigenvalue weighted by Crippen LogP contribution is -2.30. The minimum absolute atomic E-state index is 0.0677. The van der Waals surface area contributed by atoms with Crippen LogP contribution in [0.15, 0.2) is 24.3 Å². The van der Waals surface area contributed by atoms with Gasteiger partial charge in [0.2, 0.25) is 0 Å². The predicted octanol–water partition coefficient (Wildman–Crippen LogP) is 19.9. The van der Waals surface area contributed by atoms with E-state index in [1.54, 1.807) is 0 Å². The van der Waals surface area contributed by atoms with E-state index < -0.39 is 6.10 Å². The molecule has 0 aromatic rings. The number of esters is 3. The van der Waals surface area contributed by atoms with Crippen LogP contribution in [-0.2, 0) is 28.6 Å². The molecule has 0 aromatic heterocycles. The number of unbranched alkanes of at least 4 members (excludes halogenated alkanes) is 40. The zero-order chi connectivity index (χ0) is 48.6. The molecule has 6 nitrogen and oxygen atoms in total. The lowest BCUT2D eigenvalue weighted by Gasteiger charge is -2.18. The van der Waals surface area contributed by atoms with Gasteiger partial charge < -0.3 is 14.2 Å². The molecule has 6 heteroatoms. The van der Waals surface area contributed by atoms with Crippen molar-refractivity contribution in [2.75, 3.05) is 13.2 Å². The third kappa shape index (κ3) is 54.7. The van der Waals surface area contributed by atoms with E-state index in [-0.39, 0.29) is 31.1 Å². The first-order valence-electron chi connectivity index (χ1n) is 29.8. The van der Waals surface area contributed by atoms with E-state index in [1.165, 1.54) is 225 Å². The quantitative estimate of drug-likeness (QED) is 0.0262. The van der Waals surface area contributed by atoms with E-state index in [0.717, 1.165) is 64.2 Å². The molecule has 0 spiro atoms. The van der Waals surface area contributed by atoms with Crippen LogP contribution in [-0.4, -0.2) is 37.2 Å². The van der Waals surface area contributed by atoms with E-state index >= 15 is 0 Å². The summed E-state index contributed by atoms with van der Waals surface area (Å²) in [5, 5.41) is 0. The molecule has 0 aliphatic rings. The Bertz CT molecular complexity index is 1080. The van der Waals surface area contributed by atoms with Crippen molar-refractivity contribution < 1.29 is 28.6 Å². The molecular formula is C61H114O6. The van der Waals surface area contributed by atoms with Crippen molar-refractivity contribution in [1.82, 2.24) is 0 Å². The molecular weight excluding hydrogens is 829 g/mol. The van der Waals surface area contributed by atoms with Gasteiger partial charge in [-0.3, -0.25) is 14.4 Å². The fourth-order valence-corrected chi connectivity index (χ4v) is 8.95. The summed E-state index contributed by atoms with van der Waals surface area (Å²) in [5.74, 6) is -0.855. The van der Waals surface area contributed by atoms with Crippen molar-refractivity contribution in [1.29, 1.82) is 0 Å². The molecule has 0 radical (unpaired) electrons. The molecule has 0 aromatic carbocycles. The fraction of sp³-hybridized carbons (Fsp3) is 0.885. The van der Waals surface area contributed by atoms with E-state index in [1.807, 2.05) is 0 Å². The van der Waals surface area contributed by atoms with Crippen molar-refractivity contribution in [3.63, 3.8) is 0 Å². The van der Waals surface area contributed by atoms with Crippen molar-refractivity contribution in [2.24, 2.45) is 0 Å². The van der Waals surface area contributed by atoms with E-state index in [9.17, 15) is 14.4 Å². The first kappa shape index (κ1) is 64.9. The second-order valence-electron chi connectivity index (χ2n) is 20.3. The highest BCUT2D eigenvalue weighted by Gasteiger charge is 2.19. The Labute approximate surface area is 417 Å². The molecule has 0 saturated carbocycles. The van der Waals surface area contributed by atoms with Crippen LogP contribution in [0.2, 0.25) is 0 Å². The Hall–Kier alpha value is -2.11. The van der Waals surface area contributed by atoms with Gasteiger partial charge in [-0.05, 0) is 51.4 Å². The van der Waals surface area contributed by atoms with Gasteiger partial charge in [-0.1, -0.05) is 283 Å². The third-order valence-electron chi connectivity index (χ3n) is 13.5. The zero-order valence-corrected chi connectivity index (χ0v) is 45.2. The number of hydrogen-bond acceptors (Lipinski definition) is 6. The second kappa shape index (κ2) is 56.5. The molecule has 1 atom stereocenters. The van der Waals surface area contributed by atoms with E-state index in [4.69, 9.17) is 14.2 Å². The highest BCUT2D eigenvalue weighted by atomic mass is 16.6. The number of ether oxygens (including phenoxy) is 3. The Morgan fingerprint density at radius 1 is 0.299 bits per heavy atom. The number of hydrogen-bond donors (Lipinski definition) is 0. The summed E-state index contributed by atoms with van der Waals surface area (Å²) < 4.78 is 16.8. The summed E-state index contributed by atoms with van der Waals surface area (Å²) in [6, 6.07) is 0. The molecule has 0 aliphatic heterocycles. The zero-order valence-electron chi connectivity index (χ0n) is 45.2. The van der Waals surface area contributed by atoms with Gasteiger partial charge in [0.25, 0.3) is 0 Å². The Morgan fingerprint density at radius 2 is 0.537 bits per heavy atom. The van der Waals surface area contributed by atoms with Gasteiger partial charge in [-0.25, -0.2) is 0 Å².